The van der Waals surface area contributed by atoms with E-state index in [1.54, 1.807) is 5.94 Å². The van der Waals surface area contributed by atoms with Crippen molar-refractivity contribution in [2.24, 2.45) is 4.99 Å². The van der Waals surface area contributed by atoms with Crippen LogP contribution in [0, 0.1) is 0 Å². The van der Waals surface area contributed by atoms with E-state index >= 15 is 0 Å². The van der Waals surface area contributed by atoms with E-state index in [4.69, 9.17) is 0 Å². The average Bonchev–Trinajstić information content (AvgIpc) is 3.06. The third-order valence-electron chi connectivity index (χ3n) is 3.50. The van der Waals surface area contributed by atoms with Gasteiger partial charge in [0.15, 0.2) is 17.5 Å². The molecule has 1 aromatic rings. The number of halogens is 3. The first-order valence-corrected chi connectivity index (χ1v) is 7.38. The van der Waals surface area contributed by atoms with Crippen molar-refractivity contribution in [1.82, 2.24) is 14.7 Å². The molecule has 0 fully saturated rings. The molecule has 0 aliphatic carbocycles. The molecule has 134 valence electrons. The Morgan fingerprint density at radius 1 is 1.38 bits per heavy atom. The average molecular weight is 364 g/mol. The number of carbonyl (C=O) groups excluding carboxylic acids is 2. The summed E-state index contributed by atoms with van der Waals surface area (Å²) >= 11 is 0. The quantitative estimate of drug-likeness (QED) is 0.608. The van der Waals surface area contributed by atoms with E-state index in [1.807, 2.05) is 0 Å². The van der Waals surface area contributed by atoms with Gasteiger partial charge in [-0.25, -0.2) is 19.3 Å². The molecule has 26 heavy (non-hydrogen) atoms. The van der Waals surface area contributed by atoms with Gasteiger partial charge in [-0.2, -0.15) is 18.3 Å². The number of carbonyl (C=O) groups is 1. The predicted molar refractivity (Wildman–Crippen MR) is 84.2 cm³/mol. The monoisotopic (exact) mass is 364 g/mol. The van der Waals surface area contributed by atoms with Crippen molar-refractivity contribution in [3.05, 3.63) is 53.8 Å². The lowest BCUT2D eigenvalue weighted by Gasteiger charge is -2.28. The molecule has 3 rings (SSSR count). The molecule has 2 aliphatic rings. The molecule has 0 atom stereocenters. The lowest BCUT2D eigenvalue weighted by Crippen LogP contribution is -2.33. The number of esters is 1. The van der Waals surface area contributed by atoms with Gasteiger partial charge in [0.2, 0.25) is 0 Å². The summed E-state index contributed by atoms with van der Waals surface area (Å²) in [4.78, 5) is 28.2. The van der Waals surface area contributed by atoms with Crippen molar-refractivity contribution in [2.45, 2.75) is 13.1 Å². The minimum atomic E-state index is -4.88. The number of hydrogen-bond acceptors (Lipinski definition) is 6. The summed E-state index contributed by atoms with van der Waals surface area (Å²) in [6.07, 6.45) is 2.77. The van der Waals surface area contributed by atoms with Gasteiger partial charge in [0, 0.05) is 12.4 Å². The van der Waals surface area contributed by atoms with Crippen LogP contribution < -0.4 is 0 Å². The first kappa shape index (κ1) is 17.4. The summed E-state index contributed by atoms with van der Waals surface area (Å²) in [5.41, 5.74) is -1.98. The molecule has 7 nitrogen and oxygen atoms in total. The number of rotatable bonds is 3. The number of ether oxygens (including phenoxy) is 1. The van der Waals surface area contributed by atoms with E-state index in [9.17, 15) is 22.8 Å². The van der Waals surface area contributed by atoms with E-state index in [1.165, 1.54) is 42.5 Å². The van der Waals surface area contributed by atoms with Crippen LogP contribution in [0.25, 0.3) is 5.70 Å². The summed E-state index contributed by atoms with van der Waals surface area (Å²) in [7, 11) is 0. The van der Waals surface area contributed by atoms with E-state index < -0.39 is 23.4 Å². The molecular formula is C16H11F3N4O3. The summed E-state index contributed by atoms with van der Waals surface area (Å²) in [6, 6.07) is 0. The molecule has 0 bridgehead atoms. The Bertz CT molecular complexity index is 931. The van der Waals surface area contributed by atoms with Crippen LogP contribution in [0.4, 0.5) is 13.2 Å². The van der Waals surface area contributed by atoms with Gasteiger partial charge in [-0.05, 0) is 25.2 Å². The van der Waals surface area contributed by atoms with Crippen molar-refractivity contribution in [3.8, 4) is 0 Å². The largest absolute Gasteiger partial charge is 0.462 e. The lowest BCUT2D eigenvalue weighted by atomic mass is 10.2. The number of allylic oxidation sites excluding steroid dienone is 3. The van der Waals surface area contributed by atoms with Crippen LogP contribution in [0.5, 0.6) is 0 Å². The molecule has 3 heterocycles. The molecule has 1 aromatic heterocycles. The molecule has 0 spiro atoms. The van der Waals surface area contributed by atoms with Gasteiger partial charge < -0.3 is 4.74 Å². The number of fused-ring (bicyclic) bond motifs is 1. The molecule has 0 saturated heterocycles. The maximum Gasteiger partial charge on any atom is 0.434 e. The van der Waals surface area contributed by atoms with Crippen LogP contribution in [0.3, 0.4) is 0 Å². The fourth-order valence-corrected chi connectivity index (χ4v) is 2.48. The summed E-state index contributed by atoms with van der Waals surface area (Å²) < 4.78 is 46.1. The summed E-state index contributed by atoms with van der Waals surface area (Å²) in [5.74, 6) is 0.589. The second-order valence-corrected chi connectivity index (χ2v) is 5.06. The first-order chi connectivity index (χ1) is 12.4. The van der Waals surface area contributed by atoms with Gasteiger partial charge in [-0.15, -0.1) is 0 Å². The smallest absolute Gasteiger partial charge is 0.434 e. The molecule has 0 N–H and O–H groups in total. The molecule has 0 unspecified atom stereocenters. The molecular weight excluding hydrogens is 353 g/mol. The maximum atomic E-state index is 13.6. The van der Waals surface area contributed by atoms with Crippen molar-refractivity contribution in [1.29, 1.82) is 0 Å². The van der Waals surface area contributed by atoms with Crippen LogP contribution in [0.2, 0.25) is 0 Å². The first-order valence-electron chi connectivity index (χ1n) is 7.38. The normalized spacial score (nSPS) is 16.0. The minimum Gasteiger partial charge on any atom is -0.462 e. The van der Waals surface area contributed by atoms with Gasteiger partial charge in [-0.3, -0.25) is 4.90 Å². The Morgan fingerprint density at radius 3 is 2.81 bits per heavy atom. The highest BCUT2D eigenvalue weighted by atomic mass is 19.4. The van der Waals surface area contributed by atoms with E-state index in [2.05, 4.69) is 14.8 Å². The highest BCUT2D eigenvalue weighted by Gasteiger charge is 2.42. The number of hydrogen-bond donors (Lipinski definition) is 0. The Labute approximate surface area is 145 Å². The van der Waals surface area contributed by atoms with Crippen molar-refractivity contribution in [3.63, 3.8) is 0 Å². The van der Waals surface area contributed by atoms with Gasteiger partial charge >= 0.3 is 12.1 Å². The standard InChI is InChI=1S/C16H11F3N4O3/c1-2-26-15(25)11-8-21-23(13(11)16(17,18)19)12-4-3-7-22-10(9-24)5-6-20-14(12)22/h3-8H,2H2,1H3. The van der Waals surface area contributed by atoms with Gasteiger partial charge in [-0.1, -0.05) is 0 Å². The third kappa shape index (κ3) is 2.86. The van der Waals surface area contributed by atoms with Gasteiger partial charge in [0.05, 0.1) is 12.8 Å². The number of amidine groups is 1. The summed E-state index contributed by atoms with van der Waals surface area (Å²) in [5, 5.41) is 3.71. The number of aromatic nitrogens is 2. The number of alkyl halides is 3. The fourth-order valence-electron chi connectivity index (χ4n) is 2.48. The van der Waals surface area contributed by atoms with Gasteiger partial charge in [0.1, 0.15) is 17.0 Å². The molecule has 2 aliphatic heterocycles. The van der Waals surface area contributed by atoms with E-state index in [0.717, 1.165) is 6.20 Å². The van der Waals surface area contributed by atoms with Crippen LogP contribution in [-0.4, -0.2) is 39.0 Å². The zero-order valence-corrected chi connectivity index (χ0v) is 13.3. The van der Waals surface area contributed by atoms with Crippen LogP contribution in [-0.2, 0) is 15.7 Å². The van der Waals surface area contributed by atoms with Gasteiger partial charge in [0.25, 0.3) is 0 Å². The van der Waals surface area contributed by atoms with Crippen LogP contribution in [0.1, 0.15) is 23.0 Å². The molecule has 0 saturated carbocycles. The van der Waals surface area contributed by atoms with E-state index in [0.29, 0.717) is 4.68 Å². The Balaban J connectivity index is 2.16. The van der Waals surface area contributed by atoms with E-state index in [-0.39, 0.29) is 23.8 Å². The Hall–Kier alpha value is -3.39. The van der Waals surface area contributed by atoms with Crippen molar-refractivity contribution in [2.75, 3.05) is 6.61 Å². The second kappa shape index (κ2) is 6.49. The minimum absolute atomic E-state index is 0.0392. The SMILES string of the molecule is CCOC(=O)c1cnn(C2=CC=CN3C(=C=O)C=CN=C23)c1C(F)(F)F. The zero-order valence-electron chi connectivity index (χ0n) is 13.3. The zero-order chi connectivity index (χ0) is 18.9. The second-order valence-electron chi connectivity index (χ2n) is 5.06. The van der Waals surface area contributed by atoms with Crippen molar-refractivity contribution < 1.29 is 27.5 Å². The van der Waals surface area contributed by atoms with Crippen molar-refractivity contribution >= 4 is 23.4 Å². The molecule has 0 amide bonds. The maximum absolute atomic E-state index is 13.6. The highest BCUT2D eigenvalue weighted by Crippen LogP contribution is 2.35. The summed E-state index contributed by atoms with van der Waals surface area (Å²) in [6.45, 7) is 1.41. The lowest BCUT2D eigenvalue weighted by molar-refractivity contribution is -0.143. The van der Waals surface area contributed by atoms with Crippen LogP contribution in [0.15, 0.2) is 47.5 Å². The third-order valence-corrected chi connectivity index (χ3v) is 3.50. The molecule has 0 aromatic carbocycles. The Kier molecular flexibility index (Phi) is 4.35. The topological polar surface area (TPSA) is 76.8 Å². The van der Waals surface area contributed by atoms with Crippen LogP contribution >= 0.6 is 0 Å². The fraction of sp³-hybridized carbons (Fsp3) is 0.188. The molecule has 0 radical (unpaired) electrons. The number of nitrogens with zero attached hydrogens (tertiary/aromatic N) is 4. The predicted octanol–water partition coefficient (Wildman–Crippen LogP) is 2.39. The highest BCUT2D eigenvalue weighted by molar-refractivity contribution is 6.20. The molecule has 10 heteroatoms. The Morgan fingerprint density at radius 2 is 2.15 bits per heavy atom. The number of aliphatic imine (C=N–C) groups is 1.